The van der Waals surface area contributed by atoms with Gasteiger partial charge >= 0.3 is 0 Å². The first kappa shape index (κ1) is 13.3. The second-order valence-corrected chi connectivity index (χ2v) is 4.92. The van der Waals surface area contributed by atoms with Crippen LogP contribution < -0.4 is 5.32 Å². The molecule has 1 aromatic carbocycles. The lowest BCUT2D eigenvalue weighted by Gasteiger charge is -2.22. The van der Waals surface area contributed by atoms with Crippen molar-refractivity contribution >= 4 is 5.57 Å². The summed E-state index contributed by atoms with van der Waals surface area (Å²) < 4.78 is 5.71. The Hall–Kier alpha value is -1.12. The molecular formula is C16H23NO. The number of benzene rings is 1. The number of ether oxygens (including phenoxy) is 1. The molecule has 2 rings (SSSR count). The van der Waals surface area contributed by atoms with Crippen molar-refractivity contribution in [1.82, 2.24) is 5.32 Å². The van der Waals surface area contributed by atoms with Crippen molar-refractivity contribution in [3.8, 4) is 0 Å². The van der Waals surface area contributed by atoms with E-state index in [9.17, 15) is 0 Å². The van der Waals surface area contributed by atoms with Crippen LogP contribution in [0.1, 0.15) is 31.2 Å². The summed E-state index contributed by atoms with van der Waals surface area (Å²) in [6.07, 6.45) is 5.36. The first-order valence-electron chi connectivity index (χ1n) is 6.92. The highest BCUT2D eigenvalue weighted by Gasteiger charge is 2.12. The lowest BCUT2D eigenvalue weighted by molar-refractivity contribution is 0.0117. The minimum absolute atomic E-state index is 0.469. The van der Waals surface area contributed by atoms with Gasteiger partial charge in [0.1, 0.15) is 0 Å². The van der Waals surface area contributed by atoms with E-state index < -0.39 is 0 Å². The number of rotatable bonds is 6. The summed E-state index contributed by atoms with van der Waals surface area (Å²) in [5.41, 5.74) is 2.37. The lowest BCUT2D eigenvalue weighted by atomic mass is 10.1. The summed E-state index contributed by atoms with van der Waals surface area (Å²) in [6.45, 7) is 6.93. The highest BCUT2D eigenvalue weighted by Crippen LogP contribution is 2.15. The van der Waals surface area contributed by atoms with Gasteiger partial charge < -0.3 is 10.1 Å². The average molecular weight is 245 g/mol. The molecule has 0 aliphatic carbocycles. The van der Waals surface area contributed by atoms with Gasteiger partial charge in [-0.25, -0.2) is 0 Å². The Labute approximate surface area is 110 Å². The Morgan fingerprint density at radius 2 is 2.11 bits per heavy atom. The molecule has 18 heavy (non-hydrogen) atoms. The highest BCUT2D eigenvalue weighted by atomic mass is 16.5. The molecule has 98 valence electrons. The van der Waals surface area contributed by atoms with Crippen molar-refractivity contribution in [2.24, 2.45) is 0 Å². The summed E-state index contributed by atoms with van der Waals surface area (Å²) in [5, 5.41) is 3.45. The summed E-state index contributed by atoms with van der Waals surface area (Å²) in [4.78, 5) is 0. The van der Waals surface area contributed by atoms with Gasteiger partial charge in [0.05, 0.1) is 6.10 Å². The van der Waals surface area contributed by atoms with Gasteiger partial charge in [-0.2, -0.15) is 0 Å². The van der Waals surface area contributed by atoms with E-state index in [0.717, 1.165) is 31.7 Å². The van der Waals surface area contributed by atoms with E-state index in [0.29, 0.717) is 6.10 Å². The summed E-state index contributed by atoms with van der Waals surface area (Å²) in [7, 11) is 0. The van der Waals surface area contributed by atoms with Gasteiger partial charge in [0.15, 0.2) is 0 Å². The van der Waals surface area contributed by atoms with E-state index in [1.807, 2.05) is 6.07 Å². The van der Waals surface area contributed by atoms with E-state index in [-0.39, 0.29) is 0 Å². The fourth-order valence-electron chi connectivity index (χ4n) is 2.31. The Balaban J connectivity index is 1.62. The van der Waals surface area contributed by atoms with Gasteiger partial charge in [0.2, 0.25) is 0 Å². The molecule has 0 radical (unpaired) electrons. The maximum atomic E-state index is 5.71. The van der Waals surface area contributed by atoms with E-state index in [2.05, 4.69) is 36.2 Å². The van der Waals surface area contributed by atoms with E-state index in [4.69, 9.17) is 4.74 Å². The zero-order chi connectivity index (χ0) is 12.6. The Morgan fingerprint density at radius 1 is 1.28 bits per heavy atom. The van der Waals surface area contributed by atoms with Crippen molar-refractivity contribution in [2.75, 3.05) is 19.7 Å². The molecule has 1 fully saturated rings. The predicted molar refractivity (Wildman–Crippen MR) is 76.6 cm³/mol. The largest absolute Gasteiger partial charge is 0.378 e. The molecule has 1 aliphatic rings. The van der Waals surface area contributed by atoms with Crippen LogP contribution in [0.25, 0.3) is 5.57 Å². The van der Waals surface area contributed by atoms with E-state index in [1.165, 1.54) is 24.8 Å². The monoisotopic (exact) mass is 245 g/mol. The smallest absolute Gasteiger partial charge is 0.0587 e. The first-order chi connectivity index (χ1) is 8.86. The zero-order valence-corrected chi connectivity index (χ0v) is 11.0. The number of hydrogen-bond donors (Lipinski definition) is 1. The van der Waals surface area contributed by atoms with Gasteiger partial charge in [-0.05, 0) is 43.4 Å². The van der Waals surface area contributed by atoms with Crippen LogP contribution >= 0.6 is 0 Å². The van der Waals surface area contributed by atoms with Gasteiger partial charge in [-0.3, -0.25) is 0 Å². The molecule has 1 heterocycles. The third-order valence-corrected chi connectivity index (χ3v) is 3.44. The standard InChI is InChI=1S/C16H23NO/c1-14(15-7-3-2-4-8-15)13-17-11-10-16-9-5-6-12-18-16/h2-4,7-8,16-17H,1,5-6,9-13H2. The molecule has 1 saturated heterocycles. The molecule has 0 aromatic heterocycles. The first-order valence-corrected chi connectivity index (χ1v) is 6.92. The molecule has 1 N–H and O–H groups in total. The van der Waals surface area contributed by atoms with Crippen molar-refractivity contribution in [2.45, 2.75) is 31.8 Å². The second kappa shape index (κ2) is 7.34. The van der Waals surface area contributed by atoms with Gasteiger partial charge in [-0.15, -0.1) is 0 Å². The molecule has 2 heteroatoms. The molecule has 1 atom stereocenters. The van der Waals surface area contributed by atoms with Crippen LogP contribution in [0, 0.1) is 0 Å². The normalized spacial score (nSPS) is 19.7. The minimum Gasteiger partial charge on any atom is -0.378 e. The summed E-state index contributed by atoms with van der Waals surface area (Å²) in [5.74, 6) is 0. The quantitative estimate of drug-likeness (QED) is 0.777. The van der Waals surface area contributed by atoms with E-state index >= 15 is 0 Å². The van der Waals surface area contributed by atoms with Crippen LogP contribution in [0.2, 0.25) is 0 Å². The Bertz CT molecular complexity index is 355. The van der Waals surface area contributed by atoms with Gasteiger partial charge in [0, 0.05) is 13.2 Å². The van der Waals surface area contributed by atoms with Gasteiger partial charge in [-0.1, -0.05) is 36.9 Å². The number of nitrogens with one attached hydrogen (secondary N) is 1. The van der Waals surface area contributed by atoms with Gasteiger partial charge in [0.25, 0.3) is 0 Å². The third kappa shape index (κ3) is 4.28. The van der Waals surface area contributed by atoms with Crippen LogP contribution in [0.4, 0.5) is 0 Å². The Morgan fingerprint density at radius 3 is 2.83 bits per heavy atom. The van der Waals surface area contributed by atoms with Crippen LogP contribution in [0.5, 0.6) is 0 Å². The molecule has 1 aromatic rings. The molecule has 1 aliphatic heterocycles. The average Bonchev–Trinajstić information content (AvgIpc) is 2.45. The fourth-order valence-corrected chi connectivity index (χ4v) is 2.31. The zero-order valence-electron chi connectivity index (χ0n) is 11.0. The Kier molecular flexibility index (Phi) is 5.43. The summed E-state index contributed by atoms with van der Waals surface area (Å²) >= 11 is 0. The fraction of sp³-hybridized carbons (Fsp3) is 0.500. The van der Waals surface area contributed by atoms with Crippen LogP contribution in [0.3, 0.4) is 0 Å². The minimum atomic E-state index is 0.469. The van der Waals surface area contributed by atoms with Crippen molar-refractivity contribution in [1.29, 1.82) is 0 Å². The van der Waals surface area contributed by atoms with Crippen LogP contribution in [-0.2, 0) is 4.74 Å². The summed E-state index contributed by atoms with van der Waals surface area (Å²) in [6, 6.07) is 10.3. The molecule has 0 amide bonds. The van der Waals surface area contributed by atoms with Crippen LogP contribution in [-0.4, -0.2) is 25.8 Å². The molecule has 0 bridgehead atoms. The predicted octanol–water partition coefficient (Wildman–Crippen LogP) is 3.25. The molecule has 2 nitrogen and oxygen atoms in total. The SMILES string of the molecule is C=C(CNCCC1CCCCO1)c1ccccc1. The second-order valence-electron chi connectivity index (χ2n) is 4.92. The van der Waals surface area contributed by atoms with Crippen molar-refractivity contribution in [3.05, 3.63) is 42.5 Å². The lowest BCUT2D eigenvalue weighted by Crippen LogP contribution is -2.26. The van der Waals surface area contributed by atoms with E-state index in [1.54, 1.807) is 0 Å². The maximum Gasteiger partial charge on any atom is 0.0587 e. The third-order valence-electron chi connectivity index (χ3n) is 3.44. The van der Waals surface area contributed by atoms with Crippen molar-refractivity contribution in [3.63, 3.8) is 0 Å². The van der Waals surface area contributed by atoms with Crippen molar-refractivity contribution < 1.29 is 4.74 Å². The molecule has 0 saturated carbocycles. The molecule has 0 spiro atoms. The topological polar surface area (TPSA) is 21.3 Å². The molecular weight excluding hydrogens is 222 g/mol. The highest BCUT2D eigenvalue weighted by molar-refractivity contribution is 5.64. The maximum absolute atomic E-state index is 5.71. The number of hydrogen-bond acceptors (Lipinski definition) is 2. The molecule has 1 unspecified atom stereocenters. The van der Waals surface area contributed by atoms with Crippen LogP contribution in [0.15, 0.2) is 36.9 Å².